The van der Waals surface area contributed by atoms with Gasteiger partial charge in [0.15, 0.2) is 6.23 Å². The minimum absolute atomic E-state index is 0.0124. The van der Waals surface area contributed by atoms with Gasteiger partial charge in [-0.1, -0.05) is 29.8 Å². The molecule has 2 heterocycles. The summed E-state index contributed by atoms with van der Waals surface area (Å²) in [5, 5.41) is 8.94. The molecule has 1 unspecified atom stereocenters. The molecule has 1 aliphatic rings. The van der Waals surface area contributed by atoms with Gasteiger partial charge >= 0.3 is 0 Å². The summed E-state index contributed by atoms with van der Waals surface area (Å²) in [4.78, 5) is 12.1. The second-order valence-electron chi connectivity index (χ2n) is 6.56. The zero-order valence-corrected chi connectivity index (χ0v) is 15.5. The lowest BCUT2D eigenvalue weighted by atomic mass is 10.1. The van der Waals surface area contributed by atoms with Crippen molar-refractivity contribution in [3.05, 3.63) is 65.3 Å². The molecule has 0 radical (unpaired) electrons. The van der Waals surface area contributed by atoms with Crippen LogP contribution >= 0.6 is 11.6 Å². The van der Waals surface area contributed by atoms with Crippen LogP contribution in [0.5, 0.6) is 0 Å². The average Bonchev–Trinajstić information content (AvgIpc) is 3.10. The van der Waals surface area contributed by atoms with Crippen molar-refractivity contribution in [1.82, 2.24) is 9.78 Å². The number of ether oxygens (including phenoxy) is 1. The minimum Gasteiger partial charge on any atom is -0.356 e. The number of carbonyl (C=O) groups is 1. The van der Waals surface area contributed by atoms with Crippen molar-refractivity contribution in [3.63, 3.8) is 0 Å². The monoisotopic (exact) mass is 381 g/mol. The van der Waals surface area contributed by atoms with Crippen LogP contribution in [0.15, 0.2) is 54.7 Å². The Morgan fingerprint density at radius 3 is 3.00 bits per heavy atom. The van der Waals surface area contributed by atoms with Crippen LogP contribution in [-0.4, -0.2) is 22.3 Å². The Bertz CT molecular complexity index is 990. The molecule has 1 N–H and O–H groups in total. The van der Waals surface area contributed by atoms with E-state index in [2.05, 4.69) is 10.4 Å². The van der Waals surface area contributed by atoms with Crippen molar-refractivity contribution in [2.24, 2.45) is 0 Å². The first-order chi connectivity index (χ1) is 13.2. The van der Waals surface area contributed by atoms with Gasteiger partial charge in [0, 0.05) is 28.8 Å². The van der Waals surface area contributed by atoms with Gasteiger partial charge in [0.25, 0.3) is 0 Å². The van der Waals surface area contributed by atoms with E-state index in [-0.39, 0.29) is 12.1 Å². The molecule has 0 aliphatic carbocycles. The summed E-state index contributed by atoms with van der Waals surface area (Å²) in [7, 11) is 0. The predicted octanol–water partition coefficient (Wildman–Crippen LogP) is 5.04. The molecule has 1 fully saturated rings. The Morgan fingerprint density at radius 1 is 1.26 bits per heavy atom. The molecule has 1 aliphatic heterocycles. The molecule has 1 aromatic heterocycles. The number of carbonyl (C=O) groups excluding carboxylic acids is 1. The largest absolute Gasteiger partial charge is 0.356 e. The van der Waals surface area contributed by atoms with E-state index in [1.54, 1.807) is 30.3 Å². The fraction of sp³-hybridized carbons (Fsp3) is 0.238. The standard InChI is InChI=1S/C21H20ClN3O2/c22-17-4-3-5-18(13-17)24-20(26)10-8-15-7-9-16-14-23-25(19(16)12-15)21-6-1-2-11-27-21/h3-5,7-10,12-14,21H,1-2,6,11H2,(H,24,26). The van der Waals surface area contributed by atoms with E-state index in [4.69, 9.17) is 16.3 Å². The summed E-state index contributed by atoms with van der Waals surface area (Å²) in [6.07, 6.45) is 8.37. The van der Waals surface area contributed by atoms with Crippen molar-refractivity contribution in [3.8, 4) is 0 Å². The van der Waals surface area contributed by atoms with Crippen LogP contribution in [0, 0.1) is 0 Å². The number of anilines is 1. The summed E-state index contributed by atoms with van der Waals surface area (Å²) < 4.78 is 7.79. The van der Waals surface area contributed by atoms with Gasteiger partial charge in [-0.25, -0.2) is 4.68 Å². The van der Waals surface area contributed by atoms with E-state index in [1.807, 2.05) is 29.1 Å². The number of rotatable bonds is 4. The topological polar surface area (TPSA) is 56.2 Å². The Kier molecular flexibility index (Phi) is 5.23. The van der Waals surface area contributed by atoms with Gasteiger partial charge in [-0.15, -0.1) is 0 Å². The van der Waals surface area contributed by atoms with Crippen molar-refractivity contribution in [2.75, 3.05) is 11.9 Å². The van der Waals surface area contributed by atoms with Crippen molar-refractivity contribution in [2.45, 2.75) is 25.5 Å². The highest BCUT2D eigenvalue weighted by atomic mass is 35.5. The maximum atomic E-state index is 12.1. The molecular formula is C21H20ClN3O2. The van der Waals surface area contributed by atoms with Crippen LogP contribution < -0.4 is 5.32 Å². The van der Waals surface area contributed by atoms with Gasteiger partial charge in [-0.2, -0.15) is 5.10 Å². The summed E-state index contributed by atoms with van der Waals surface area (Å²) in [6, 6.07) is 13.1. The smallest absolute Gasteiger partial charge is 0.248 e. The minimum atomic E-state index is -0.207. The maximum absolute atomic E-state index is 12.1. The molecule has 1 atom stereocenters. The first-order valence-corrected chi connectivity index (χ1v) is 9.40. The van der Waals surface area contributed by atoms with Crippen LogP contribution in [0.1, 0.15) is 31.1 Å². The lowest BCUT2D eigenvalue weighted by Gasteiger charge is -2.23. The molecule has 1 amide bonds. The quantitative estimate of drug-likeness (QED) is 0.644. The molecule has 4 rings (SSSR count). The molecule has 0 bridgehead atoms. The van der Waals surface area contributed by atoms with E-state index < -0.39 is 0 Å². The Balaban J connectivity index is 1.51. The predicted molar refractivity (Wildman–Crippen MR) is 108 cm³/mol. The van der Waals surface area contributed by atoms with Crippen molar-refractivity contribution in [1.29, 1.82) is 0 Å². The lowest BCUT2D eigenvalue weighted by Crippen LogP contribution is -2.18. The summed E-state index contributed by atoms with van der Waals surface area (Å²) in [5.41, 5.74) is 2.61. The molecule has 1 saturated heterocycles. The van der Waals surface area contributed by atoms with E-state index in [9.17, 15) is 4.79 Å². The van der Waals surface area contributed by atoms with Gasteiger partial charge in [0.05, 0.1) is 11.7 Å². The fourth-order valence-electron chi connectivity index (χ4n) is 3.23. The summed E-state index contributed by atoms with van der Waals surface area (Å²) >= 11 is 5.94. The van der Waals surface area contributed by atoms with Crippen LogP contribution in [0.25, 0.3) is 17.0 Å². The van der Waals surface area contributed by atoms with Gasteiger partial charge in [-0.3, -0.25) is 4.79 Å². The van der Waals surface area contributed by atoms with Gasteiger partial charge in [0.2, 0.25) is 5.91 Å². The number of hydrogen-bond donors (Lipinski definition) is 1. The van der Waals surface area contributed by atoms with E-state index in [0.717, 1.165) is 42.3 Å². The number of nitrogens with zero attached hydrogens (tertiary/aromatic N) is 2. The number of fused-ring (bicyclic) bond motifs is 1. The van der Waals surface area contributed by atoms with Crippen LogP contribution in [-0.2, 0) is 9.53 Å². The number of amides is 1. The molecule has 27 heavy (non-hydrogen) atoms. The Morgan fingerprint density at radius 2 is 2.19 bits per heavy atom. The molecular weight excluding hydrogens is 362 g/mol. The van der Waals surface area contributed by atoms with Crippen molar-refractivity contribution >= 4 is 40.2 Å². The Hall–Kier alpha value is -2.63. The third-order valence-electron chi connectivity index (χ3n) is 4.57. The molecule has 2 aromatic carbocycles. The van der Waals surface area contributed by atoms with Crippen LogP contribution in [0.4, 0.5) is 5.69 Å². The summed E-state index contributed by atoms with van der Waals surface area (Å²) in [6.45, 7) is 0.773. The van der Waals surface area contributed by atoms with Gasteiger partial charge in [-0.05, 0) is 55.2 Å². The molecule has 0 spiro atoms. The highest BCUT2D eigenvalue weighted by Crippen LogP contribution is 2.27. The van der Waals surface area contributed by atoms with E-state index in [0.29, 0.717) is 10.7 Å². The molecule has 5 nitrogen and oxygen atoms in total. The second-order valence-corrected chi connectivity index (χ2v) is 7.00. The molecule has 0 saturated carbocycles. The van der Waals surface area contributed by atoms with Crippen molar-refractivity contribution < 1.29 is 9.53 Å². The third kappa shape index (κ3) is 4.21. The lowest BCUT2D eigenvalue weighted by molar-refractivity contribution is -0.111. The zero-order valence-electron chi connectivity index (χ0n) is 14.8. The highest BCUT2D eigenvalue weighted by molar-refractivity contribution is 6.30. The fourth-order valence-corrected chi connectivity index (χ4v) is 3.42. The first-order valence-electron chi connectivity index (χ1n) is 9.02. The Labute approximate surface area is 162 Å². The maximum Gasteiger partial charge on any atom is 0.248 e. The second kappa shape index (κ2) is 7.94. The number of halogens is 1. The molecule has 138 valence electrons. The number of aromatic nitrogens is 2. The molecule has 6 heteroatoms. The number of nitrogens with one attached hydrogen (secondary N) is 1. The zero-order chi connectivity index (χ0) is 18.6. The van der Waals surface area contributed by atoms with E-state index >= 15 is 0 Å². The number of hydrogen-bond acceptors (Lipinski definition) is 3. The number of benzene rings is 2. The first kappa shape index (κ1) is 17.8. The SMILES string of the molecule is O=C(C=Cc1ccc2cnn(C3CCCCO3)c2c1)Nc1cccc(Cl)c1. The summed E-state index contributed by atoms with van der Waals surface area (Å²) in [5.74, 6) is -0.207. The van der Waals surface area contributed by atoms with Gasteiger partial charge in [0.1, 0.15) is 0 Å². The highest BCUT2D eigenvalue weighted by Gasteiger charge is 2.18. The third-order valence-corrected chi connectivity index (χ3v) is 4.81. The normalized spacial score (nSPS) is 17.4. The van der Waals surface area contributed by atoms with Crippen LogP contribution in [0.2, 0.25) is 5.02 Å². The van der Waals surface area contributed by atoms with Gasteiger partial charge < -0.3 is 10.1 Å². The molecule has 3 aromatic rings. The van der Waals surface area contributed by atoms with E-state index in [1.165, 1.54) is 6.08 Å². The van der Waals surface area contributed by atoms with Crippen LogP contribution in [0.3, 0.4) is 0 Å². The average molecular weight is 382 g/mol.